The van der Waals surface area contributed by atoms with Crippen molar-refractivity contribution < 1.29 is 15.0 Å². The van der Waals surface area contributed by atoms with Crippen LogP contribution in [0.2, 0.25) is 0 Å². The molecule has 118 valence electrons. The summed E-state index contributed by atoms with van der Waals surface area (Å²) in [5.41, 5.74) is 1.27. The van der Waals surface area contributed by atoms with Crippen LogP contribution in [0.5, 0.6) is 0 Å². The Morgan fingerprint density at radius 1 is 1.27 bits per heavy atom. The smallest absolute Gasteiger partial charge is 0.271 e. The molecule has 0 bridgehead atoms. The second-order valence-electron chi connectivity index (χ2n) is 5.82. The highest BCUT2D eigenvalue weighted by Crippen LogP contribution is 2.19. The van der Waals surface area contributed by atoms with E-state index < -0.39 is 5.41 Å². The van der Waals surface area contributed by atoms with E-state index in [4.69, 9.17) is 0 Å². The predicted molar refractivity (Wildman–Crippen MR) is 83.3 cm³/mol. The van der Waals surface area contributed by atoms with Crippen molar-refractivity contribution in [2.75, 3.05) is 26.8 Å². The first-order valence-electron chi connectivity index (χ1n) is 7.07. The average Bonchev–Trinajstić information content (AvgIpc) is 3.04. The van der Waals surface area contributed by atoms with Crippen LogP contribution in [0.3, 0.4) is 0 Å². The lowest BCUT2D eigenvalue weighted by molar-refractivity contribution is 0.0363. The van der Waals surface area contributed by atoms with E-state index in [0.29, 0.717) is 11.4 Å². The maximum atomic E-state index is 12.4. The van der Waals surface area contributed by atoms with E-state index in [9.17, 15) is 15.0 Å². The van der Waals surface area contributed by atoms with Gasteiger partial charge in [-0.3, -0.25) is 9.89 Å². The molecule has 0 saturated heterocycles. The first-order chi connectivity index (χ1) is 10.5. The third-order valence-corrected chi connectivity index (χ3v) is 3.61. The Bertz CT molecular complexity index is 621. The van der Waals surface area contributed by atoms with E-state index in [-0.39, 0.29) is 25.7 Å². The number of H-pyrrole nitrogens is 1. The molecule has 22 heavy (non-hydrogen) atoms. The molecule has 0 atom stereocenters. The Morgan fingerprint density at radius 2 is 1.91 bits per heavy atom. The van der Waals surface area contributed by atoms with E-state index in [1.54, 1.807) is 20.0 Å². The van der Waals surface area contributed by atoms with Crippen molar-refractivity contribution >= 4 is 5.91 Å². The zero-order valence-electron chi connectivity index (χ0n) is 12.8. The van der Waals surface area contributed by atoms with Gasteiger partial charge < -0.3 is 15.1 Å². The molecule has 0 fully saturated rings. The van der Waals surface area contributed by atoms with Crippen LogP contribution >= 0.6 is 0 Å². The maximum absolute atomic E-state index is 12.4. The Balaban J connectivity index is 2.12. The van der Waals surface area contributed by atoms with Gasteiger partial charge >= 0.3 is 0 Å². The van der Waals surface area contributed by atoms with Crippen molar-refractivity contribution in [1.29, 1.82) is 0 Å². The summed E-state index contributed by atoms with van der Waals surface area (Å²) >= 11 is 0. The summed E-state index contributed by atoms with van der Waals surface area (Å²) in [7, 11) is 1.63. The van der Waals surface area contributed by atoms with Crippen molar-refractivity contribution in [1.82, 2.24) is 15.1 Å². The van der Waals surface area contributed by atoms with E-state index in [1.807, 2.05) is 30.3 Å². The molecule has 0 aliphatic heterocycles. The predicted octanol–water partition coefficient (Wildman–Crippen LogP) is 1.14. The van der Waals surface area contributed by atoms with E-state index in [0.717, 1.165) is 5.56 Å². The normalized spacial score (nSPS) is 11.5. The first-order valence-corrected chi connectivity index (χ1v) is 7.07. The van der Waals surface area contributed by atoms with Crippen LogP contribution in [0.15, 0.2) is 36.4 Å². The van der Waals surface area contributed by atoms with Gasteiger partial charge in [-0.05, 0) is 6.07 Å². The molecule has 1 aromatic carbocycles. The van der Waals surface area contributed by atoms with Crippen molar-refractivity contribution in [3.05, 3.63) is 42.1 Å². The summed E-state index contributed by atoms with van der Waals surface area (Å²) in [4.78, 5) is 13.9. The van der Waals surface area contributed by atoms with Gasteiger partial charge in [0.25, 0.3) is 5.91 Å². The van der Waals surface area contributed by atoms with Gasteiger partial charge in [0.1, 0.15) is 5.69 Å². The van der Waals surface area contributed by atoms with Gasteiger partial charge in [0.15, 0.2) is 0 Å². The quantitative estimate of drug-likeness (QED) is 0.746. The first kappa shape index (κ1) is 16.2. The van der Waals surface area contributed by atoms with E-state index in [1.165, 1.54) is 4.90 Å². The number of carbonyl (C=O) groups excluding carboxylic acids is 1. The fourth-order valence-electron chi connectivity index (χ4n) is 2.19. The Hall–Kier alpha value is -2.18. The maximum Gasteiger partial charge on any atom is 0.271 e. The van der Waals surface area contributed by atoms with Gasteiger partial charge in [-0.2, -0.15) is 5.10 Å². The number of hydrogen-bond donors (Lipinski definition) is 3. The molecule has 2 aromatic rings. The molecule has 0 saturated carbocycles. The monoisotopic (exact) mass is 303 g/mol. The number of aliphatic hydroxyl groups excluding tert-OH is 2. The minimum atomic E-state index is -0.729. The number of rotatable bonds is 6. The number of nitrogens with zero attached hydrogens (tertiary/aromatic N) is 2. The molecule has 0 aliphatic rings. The molecular formula is C16H21N3O3. The SMILES string of the molecule is CN(CC(C)(CO)CO)C(=O)c1cc(-c2ccccc2)n[nH]1. The van der Waals surface area contributed by atoms with Crippen LogP contribution in [0.4, 0.5) is 0 Å². The van der Waals surface area contributed by atoms with Crippen LogP contribution in [-0.4, -0.2) is 58.0 Å². The number of hydrogen-bond acceptors (Lipinski definition) is 4. The molecule has 3 N–H and O–H groups in total. The summed E-state index contributed by atoms with van der Waals surface area (Å²) in [6.45, 7) is 1.58. The second kappa shape index (κ2) is 6.72. The third-order valence-electron chi connectivity index (χ3n) is 3.61. The summed E-state index contributed by atoms with van der Waals surface area (Å²) in [5, 5.41) is 25.5. The van der Waals surface area contributed by atoms with Crippen molar-refractivity contribution in [2.45, 2.75) is 6.92 Å². The highest BCUT2D eigenvalue weighted by molar-refractivity contribution is 5.93. The number of aliphatic hydroxyl groups is 2. The zero-order valence-corrected chi connectivity index (χ0v) is 12.8. The van der Waals surface area contributed by atoms with Crippen molar-refractivity contribution in [2.24, 2.45) is 5.41 Å². The lowest BCUT2D eigenvalue weighted by Gasteiger charge is -2.30. The lowest BCUT2D eigenvalue weighted by Crippen LogP contribution is -2.41. The molecule has 2 rings (SSSR count). The van der Waals surface area contributed by atoms with Gasteiger partial charge in [0, 0.05) is 24.6 Å². The van der Waals surface area contributed by atoms with Crippen LogP contribution in [-0.2, 0) is 0 Å². The van der Waals surface area contributed by atoms with Crippen LogP contribution in [0, 0.1) is 5.41 Å². The summed E-state index contributed by atoms with van der Waals surface area (Å²) in [5.74, 6) is -0.234. The standard InChI is InChI=1S/C16H21N3O3/c1-16(10-20,11-21)9-19(2)15(22)14-8-13(17-18-14)12-6-4-3-5-7-12/h3-8,20-21H,9-11H2,1-2H3,(H,17,18). The van der Waals surface area contributed by atoms with Crippen LogP contribution < -0.4 is 0 Å². The molecular weight excluding hydrogens is 282 g/mol. The molecule has 6 heteroatoms. The van der Waals surface area contributed by atoms with Crippen LogP contribution in [0.25, 0.3) is 11.3 Å². The minimum absolute atomic E-state index is 0.195. The molecule has 1 amide bonds. The summed E-state index contributed by atoms with van der Waals surface area (Å²) < 4.78 is 0. The molecule has 0 aliphatic carbocycles. The lowest BCUT2D eigenvalue weighted by atomic mass is 9.92. The topological polar surface area (TPSA) is 89.4 Å². The van der Waals surface area contributed by atoms with Gasteiger partial charge in [0.05, 0.1) is 18.9 Å². The molecule has 1 heterocycles. The highest BCUT2D eigenvalue weighted by Gasteiger charge is 2.27. The Labute approximate surface area is 129 Å². The van der Waals surface area contributed by atoms with Gasteiger partial charge in [-0.25, -0.2) is 0 Å². The van der Waals surface area contributed by atoms with Gasteiger partial charge in [0.2, 0.25) is 0 Å². The molecule has 1 aromatic heterocycles. The highest BCUT2D eigenvalue weighted by atomic mass is 16.3. The Kier molecular flexibility index (Phi) is 4.95. The minimum Gasteiger partial charge on any atom is -0.396 e. The Morgan fingerprint density at radius 3 is 2.50 bits per heavy atom. The number of carbonyl (C=O) groups is 1. The number of aromatic amines is 1. The largest absolute Gasteiger partial charge is 0.396 e. The molecule has 0 unspecified atom stereocenters. The number of amides is 1. The van der Waals surface area contributed by atoms with Gasteiger partial charge in [-0.1, -0.05) is 37.3 Å². The van der Waals surface area contributed by atoms with Crippen molar-refractivity contribution in [3.63, 3.8) is 0 Å². The fraction of sp³-hybridized carbons (Fsp3) is 0.375. The summed E-state index contributed by atoms with van der Waals surface area (Å²) in [6, 6.07) is 11.3. The van der Waals surface area contributed by atoms with Crippen molar-refractivity contribution in [3.8, 4) is 11.3 Å². The van der Waals surface area contributed by atoms with E-state index in [2.05, 4.69) is 10.2 Å². The number of aromatic nitrogens is 2. The molecule has 6 nitrogen and oxygen atoms in total. The molecule has 0 radical (unpaired) electrons. The zero-order chi connectivity index (χ0) is 16.2. The second-order valence-corrected chi connectivity index (χ2v) is 5.82. The number of benzene rings is 1. The van der Waals surface area contributed by atoms with E-state index >= 15 is 0 Å². The molecule has 0 spiro atoms. The summed E-state index contributed by atoms with van der Waals surface area (Å²) in [6.07, 6.45) is 0. The third kappa shape index (κ3) is 3.52. The van der Waals surface area contributed by atoms with Gasteiger partial charge in [-0.15, -0.1) is 0 Å². The fourth-order valence-corrected chi connectivity index (χ4v) is 2.19. The number of nitrogens with one attached hydrogen (secondary N) is 1. The average molecular weight is 303 g/mol. The van der Waals surface area contributed by atoms with Crippen LogP contribution in [0.1, 0.15) is 17.4 Å².